The highest BCUT2D eigenvalue weighted by Crippen LogP contribution is 2.32. The van der Waals surface area contributed by atoms with Gasteiger partial charge in [-0.2, -0.15) is 5.26 Å². The zero-order valence-electron chi connectivity index (χ0n) is 9.53. The average molecular weight is 214 g/mol. The summed E-state index contributed by atoms with van der Waals surface area (Å²) in [6.07, 6.45) is 1.92. The molecular formula is C13H14N2O. The second-order valence-electron chi connectivity index (χ2n) is 3.70. The first kappa shape index (κ1) is 10.6. The molecule has 0 fully saturated rings. The number of nitriles is 1. The van der Waals surface area contributed by atoms with Crippen LogP contribution in [0.2, 0.25) is 0 Å². The van der Waals surface area contributed by atoms with Crippen molar-refractivity contribution in [3.05, 3.63) is 35.5 Å². The van der Waals surface area contributed by atoms with E-state index in [-0.39, 0.29) is 0 Å². The van der Waals surface area contributed by atoms with E-state index in [0.717, 1.165) is 30.0 Å². The molecule has 0 radical (unpaired) electrons. The van der Waals surface area contributed by atoms with E-state index in [2.05, 4.69) is 17.9 Å². The van der Waals surface area contributed by atoms with Crippen LogP contribution in [0.1, 0.15) is 18.1 Å². The van der Waals surface area contributed by atoms with E-state index in [9.17, 15) is 0 Å². The van der Waals surface area contributed by atoms with E-state index in [1.807, 2.05) is 24.4 Å². The maximum absolute atomic E-state index is 9.13. The van der Waals surface area contributed by atoms with Crippen molar-refractivity contribution in [1.29, 1.82) is 5.26 Å². The number of allylic oxidation sites excluding steroid dienone is 1. The number of rotatable bonds is 2. The molecule has 82 valence electrons. The lowest BCUT2D eigenvalue weighted by atomic mass is 9.97. The summed E-state index contributed by atoms with van der Waals surface area (Å²) in [4.78, 5) is 2.11. The van der Waals surface area contributed by atoms with Crippen LogP contribution in [0.15, 0.2) is 24.4 Å². The number of ether oxygens (including phenoxy) is 1. The molecular weight excluding hydrogens is 200 g/mol. The molecule has 3 heteroatoms. The minimum absolute atomic E-state index is 0.710. The number of fused-ring (bicyclic) bond motifs is 1. The molecule has 1 aliphatic heterocycles. The summed E-state index contributed by atoms with van der Waals surface area (Å²) in [6.45, 7) is 3.77. The molecule has 0 amide bonds. The number of hydrogen-bond donors (Lipinski definition) is 0. The van der Waals surface area contributed by atoms with Gasteiger partial charge in [-0.3, -0.25) is 0 Å². The molecule has 1 aromatic rings. The first-order valence-corrected chi connectivity index (χ1v) is 5.32. The smallest absolute Gasteiger partial charge is 0.124 e. The zero-order valence-corrected chi connectivity index (χ0v) is 9.53. The van der Waals surface area contributed by atoms with Gasteiger partial charge in [-0.15, -0.1) is 0 Å². The number of benzene rings is 1. The van der Waals surface area contributed by atoms with Gasteiger partial charge in [0.1, 0.15) is 11.8 Å². The number of hydrogen-bond acceptors (Lipinski definition) is 3. The Hall–Kier alpha value is -1.95. The fourth-order valence-corrected chi connectivity index (χ4v) is 1.97. The Morgan fingerprint density at radius 3 is 2.94 bits per heavy atom. The minimum Gasteiger partial charge on any atom is -0.496 e. The van der Waals surface area contributed by atoms with Gasteiger partial charge in [0.05, 0.1) is 12.7 Å². The van der Waals surface area contributed by atoms with E-state index in [1.165, 1.54) is 0 Å². The molecule has 1 aromatic carbocycles. The van der Waals surface area contributed by atoms with Crippen LogP contribution in [0.3, 0.4) is 0 Å². The van der Waals surface area contributed by atoms with Gasteiger partial charge in [-0.05, 0) is 13.0 Å². The first-order valence-electron chi connectivity index (χ1n) is 5.32. The summed E-state index contributed by atoms with van der Waals surface area (Å²) in [7, 11) is 1.66. The molecule has 1 aliphatic rings. The molecule has 0 atom stereocenters. The summed E-state index contributed by atoms with van der Waals surface area (Å²) in [6, 6.07) is 8.07. The predicted molar refractivity (Wildman–Crippen MR) is 62.7 cm³/mol. The van der Waals surface area contributed by atoms with E-state index >= 15 is 0 Å². The second-order valence-corrected chi connectivity index (χ2v) is 3.70. The molecule has 0 unspecified atom stereocenters. The third-order valence-corrected chi connectivity index (χ3v) is 2.84. The molecule has 0 saturated carbocycles. The van der Waals surface area contributed by atoms with Crippen molar-refractivity contribution in [2.24, 2.45) is 0 Å². The molecule has 0 saturated heterocycles. The summed E-state index contributed by atoms with van der Waals surface area (Å²) in [5.41, 5.74) is 2.81. The van der Waals surface area contributed by atoms with Crippen molar-refractivity contribution in [2.75, 3.05) is 13.7 Å². The van der Waals surface area contributed by atoms with Crippen LogP contribution in [0.5, 0.6) is 5.75 Å². The SMILES string of the molecule is CCN1C=C(C#N)c2cccc(OC)c2C1. The Balaban J connectivity index is 2.55. The third-order valence-electron chi connectivity index (χ3n) is 2.84. The van der Waals surface area contributed by atoms with E-state index in [1.54, 1.807) is 7.11 Å². The Morgan fingerprint density at radius 1 is 1.50 bits per heavy atom. The maximum Gasteiger partial charge on any atom is 0.124 e. The molecule has 3 nitrogen and oxygen atoms in total. The van der Waals surface area contributed by atoms with Crippen LogP contribution in [-0.2, 0) is 6.54 Å². The quantitative estimate of drug-likeness (QED) is 0.758. The van der Waals surface area contributed by atoms with Crippen LogP contribution in [0.4, 0.5) is 0 Å². The fourth-order valence-electron chi connectivity index (χ4n) is 1.97. The van der Waals surface area contributed by atoms with Crippen molar-refractivity contribution >= 4 is 5.57 Å². The molecule has 0 aromatic heterocycles. The maximum atomic E-state index is 9.13. The monoisotopic (exact) mass is 214 g/mol. The first-order chi connectivity index (χ1) is 7.80. The van der Waals surface area contributed by atoms with E-state index in [4.69, 9.17) is 10.00 Å². The Labute approximate surface area is 95.6 Å². The Kier molecular flexibility index (Phi) is 2.82. The Bertz CT molecular complexity index is 471. The summed E-state index contributed by atoms with van der Waals surface area (Å²) >= 11 is 0. The van der Waals surface area contributed by atoms with Crippen molar-refractivity contribution in [3.63, 3.8) is 0 Å². The lowest BCUT2D eigenvalue weighted by Crippen LogP contribution is -2.21. The van der Waals surface area contributed by atoms with Crippen molar-refractivity contribution in [2.45, 2.75) is 13.5 Å². The van der Waals surface area contributed by atoms with Crippen molar-refractivity contribution in [3.8, 4) is 11.8 Å². The van der Waals surface area contributed by atoms with Crippen molar-refractivity contribution < 1.29 is 4.74 Å². The van der Waals surface area contributed by atoms with Crippen LogP contribution >= 0.6 is 0 Å². The summed E-state index contributed by atoms with van der Waals surface area (Å²) < 4.78 is 5.33. The molecule has 16 heavy (non-hydrogen) atoms. The molecule has 0 bridgehead atoms. The van der Waals surface area contributed by atoms with Gasteiger partial charge in [-0.25, -0.2) is 0 Å². The molecule has 0 spiro atoms. The number of nitrogens with zero attached hydrogens (tertiary/aromatic N) is 2. The fraction of sp³-hybridized carbons (Fsp3) is 0.308. The zero-order chi connectivity index (χ0) is 11.5. The molecule has 1 heterocycles. The standard InChI is InChI=1S/C13H14N2O/c1-3-15-8-10(7-14)11-5-4-6-13(16-2)12(11)9-15/h4-6,8H,3,9H2,1-2H3. The lowest BCUT2D eigenvalue weighted by molar-refractivity contribution is 0.361. The second kappa shape index (κ2) is 4.28. The highest BCUT2D eigenvalue weighted by molar-refractivity contribution is 5.80. The van der Waals surface area contributed by atoms with Gasteiger partial charge in [0.25, 0.3) is 0 Å². The molecule has 2 rings (SSSR count). The topological polar surface area (TPSA) is 36.3 Å². The van der Waals surface area contributed by atoms with Gasteiger partial charge in [0.2, 0.25) is 0 Å². The van der Waals surface area contributed by atoms with Crippen LogP contribution in [0.25, 0.3) is 5.57 Å². The van der Waals surface area contributed by atoms with Crippen molar-refractivity contribution in [1.82, 2.24) is 4.90 Å². The number of methoxy groups -OCH3 is 1. The largest absolute Gasteiger partial charge is 0.496 e. The third kappa shape index (κ3) is 1.63. The predicted octanol–water partition coefficient (Wildman–Crippen LogP) is 2.40. The summed E-state index contributed by atoms with van der Waals surface area (Å²) in [5, 5.41) is 9.13. The van der Waals surface area contributed by atoms with E-state index < -0.39 is 0 Å². The molecule has 0 N–H and O–H groups in total. The van der Waals surface area contributed by atoms with Gasteiger partial charge < -0.3 is 9.64 Å². The van der Waals surface area contributed by atoms with Gasteiger partial charge in [0.15, 0.2) is 0 Å². The van der Waals surface area contributed by atoms with Crippen LogP contribution < -0.4 is 4.74 Å². The summed E-state index contributed by atoms with van der Waals surface area (Å²) in [5.74, 6) is 0.858. The van der Waals surface area contributed by atoms with Crippen LogP contribution in [0, 0.1) is 11.3 Å². The molecule has 0 aliphatic carbocycles. The normalized spacial score (nSPS) is 13.8. The Morgan fingerprint density at radius 2 is 2.31 bits per heavy atom. The minimum atomic E-state index is 0.710. The highest BCUT2D eigenvalue weighted by Gasteiger charge is 2.19. The van der Waals surface area contributed by atoms with E-state index in [0.29, 0.717) is 5.57 Å². The average Bonchev–Trinajstić information content (AvgIpc) is 2.36. The highest BCUT2D eigenvalue weighted by atomic mass is 16.5. The van der Waals surface area contributed by atoms with Crippen LogP contribution in [-0.4, -0.2) is 18.6 Å². The van der Waals surface area contributed by atoms with Gasteiger partial charge >= 0.3 is 0 Å². The van der Waals surface area contributed by atoms with Gasteiger partial charge in [-0.1, -0.05) is 12.1 Å². The van der Waals surface area contributed by atoms with Gasteiger partial charge in [0, 0.05) is 30.4 Å². The lowest BCUT2D eigenvalue weighted by Gasteiger charge is -2.26.